The van der Waals surface area contributed by atoms with Gasteiger partial charge in [0, 0.05) is 27.1 Å². The summed E-state index contributed by atoms with van der Waals surface area (Å²) in [5.74, 6) is 1.21. The van der Waals surface area contributed by atoms with Gasteiger partial charge in [-0.25, -0.2) is 4.79 Å². The van der Waals surface area contributed by atoms with Gasteiger partial charge in [-0.2, -0.15) is 4.98 Å². The normalized spacial score (nSPS) is 25.1. The number of methoxy groups -OCH3 is 1. The Hall–Kier alpha value is -2.67. The molecule has 2 aliphatic heterocycles. The maximum atomic E-state index is 12.3. The zero-order valence-corrected chi connectivity index (χ0v) is 26.8. The number of allylic oxidation sites excluding steroid dienone is 4. The summed E-state index contributed by atoms with van der Waals surface area (Å²) < 4.78 is 42.4. The Morgan fingerprint density at radius 3 is 2.64 bits per heavy atom. The highest BCUT2D eigenvalue weighted by Gasteiger charge is 2.50. The zero-order chi connectivity index (χ0) is 30.5. The van der Waals surface area contributed by atoms with Gasteiger partial charge in [-0.3, -0.25) is 0 Å². The summed E-state index contributed by atoms with van der Waals surface area (Å²) in [5, 5.41) is 6.08. The predicted molar refractivity (Wildman–Crippen MR) is 164 cm³/mol. The molecule has 0 radical (unpaired) electrons. The summed E-state index contributed by atoms with van der Waals surface area (Å²) >= 11 is 14.5. The van der Waals surface area contributed by atoms with Crippen molar-refractivity contribution in [3.63, 3.8) is 0 Å². The zero-order valence-electron chi connectivity index (χ0n) is 24.5. The lowest BCUT2D eigenvalue weighted by Crippen LogP contribution is -2.35. The predicted octanol–water partition coefficient (Wildman–Crippen LogP) is 6.73. The molecule has 10 nitrogen and oxygen atoms in total. The third kappa shape index (κ3) is 5.74. The van der Waals surface area contributed by atoms with Gasteiger partial charge in [-0.15, -0.1) is 0 Å². The van der Waals surface area contributed by atoms with Gasteiger partial charge >= 0.3 is 5.97 Å². The van der Waals surface area contributed by atoms with Gasteiger partial charge < -0.3 is 32.9 Å². The minimum Gasteiger partial charge on any atom is -0.489 e. The fourth-order valence-electron chi connectivity index (χ4n) is 5.85. The fraction of sp³-hybridized carbons (Fsp3) is 0.516. The van der Waals surface area contributed by atoms with Gasteiger partial charge in [-0.1, -0.05) is 45.8 Å². The van der Waals surface area contributed by atoms with E-state index in [-0.39, 0.29) is 37.1 Å². The van der Waals surface area contributed by atoms with Crippen LogP contribution < -0.4 is 9.47 Å². The number of aromatic nitrogens is 2. The van der Waals surface area contributed by atoms with Crippen LogP contribution in [0.3, 0.4) is 0 Å². The molecule has 0 bridgehead atoms. The van der Waals surface area contributed by atoms with Gasteiger partial charge in [0.15, 0.2) is 6.10 Å². The summed E-state index contributed by atoms with van der Waals surface area (Å²) in [5.41, 5.74) is 3.25. The number of carbonyl (C=O) groups is 1. The van der Waals surface area contributed by atoms with Crippen LogP contribution in [0.15, 0.2) is 32.8 Å². The molecule has 3 aromatic rings. The number of halogens is 2. The average molecular weight is 664 g/mol. The molecule has 4 atom stereocenters. The Bertz CT molecular complexity index is 1640. The molecule has 1 aromatic carbocycles. The summed E-state index contributed by atoms with van der Waals surface area (Å²) in [6.45, 7) is 4.78. The van der Waals surface area contributed by atoms with Crippen LogP contribution >= 0.6 is 34.5 Å². The van der Waals surface area contributed by atoms with Crippen LogP contribution in [0.25, 0.3) is 15.8 Å². The molecule has 234 valence electrons. The molecule has 4 aliphatic rings. The molecule has 2 unspecified atom stereocenters. The highest BCUT2D eigenvalue weighted by atomic mass is 35.5. The average Bonchev–Trinajstić information content (AvgIpc) is 3.29. The number of fused-ring (bicyclic) bond motifs is 2. The minimum absolute atomic E-state index is 0.107. The van der Waals surface area contributed by atoms with Gasteiger partial charge in [0.2, 0.25) is 0 Å². The molecular weight excluding hydrogens is 631 g/mol. The number of hydrogen-bond acceptors (Lipinski definition) is 11. The first-order valence-corrected chi connectivity index (χ1v) is 16.3. The lowest BCUT2D eigenvalue weighted by Gasteiger charge is -2.18. The summed E-state index contributed by atoms with van der Waals surface area (Å²) in [4.78, 5) is 16.9. The molecule has 7 rings (SSSR count). The standard InChI is InChI=1S/C31H32Cl2N2O8S/c1-14(2)41-20-9-16(30(36)37-3)10-23-26(20)34-31(44-23)42-22-13-40-28-21(12-39-29(22)28)38-11-17-25(35-43-27(17)15-7-8-15)24-18(32)5-4-6-19(24)33/h5,9-10,14-15,21-22,28-29H,4,6-8,11-13H2,1-3H3/t21?,22?,28-,29-/m1/s1. The molecule has 0 N–H and O–H groups in total. The SMILES string of the molecule is COC(=O)c1cc(OC(C)C)c2nc(OC3CO[C@@H]4C(OCc5c(C6=C(Cl)CCC=C6Cl)noc5C5CC5)CO[C@H]34)sc2c1. The fourth-order valence-corrected chi connectivity index (χ4v) is 7.44. The first-order valence-electron chi connectivity index (χ1n) is 14.7. The minimum atomic E-state index is -0.450. The molecule has 0 amide bonds. The summed E-state index contributed by atoms with van der Waals surface area (Å²) in [6.07, 6.45) is 4.13. The number of nitrogens with zero attached hydrogens (tertiary/aromatic N) is 2. The van der Waals surface area contributed by atoms with Crippen molar-refractivity contribution in [1.82, 2.24) is 10.1 Å². The molecule has 2 aliphatic carbocycles. The maximum absolute atomic E-state index is 12.3. The van der Waals surface area contributed by atoms with Crippen molar-refractivity contribution in [1.29, 1.82) is 0 Å². The monoisotopic (exact) mass is 662 g/mol. The van der Waals surface area contributed by atoms with E-state index in [1.54, 1.807) is 12.1 Å². The van der Waals surface area contributed by atoms with E-state index in [1.165, 1.54) is 18.4 Å². The van der Waals surface area contributed by atoms with Crippen molar-refractivity contribution in [2.24, 2.45) is 0 Å². The number of esters is 1. The molecule has 2 aromatic heterocycles. The number of rotatable bonds is 10. The van der Waals surface area contributed by atoms with Crippen LogP contribution in [0, 0.1) is 0 Å². The van der Waals surface area contributed by atoms with E-state index in [1.807, 2.05) is 19.9 Å². The van der Waals surface area contributed by atoms with Crippen molar-refractivity contribution >= 4 is 56.3 Å². The molecule has 1 saturated carbocycles. The number of hydrogen-bond donors (Lipinski definition) is 0. The molecule has 4 heterocycles. The summed E-state index contributed by atoms with van der Waals surface area (Å²) in [6, 6.07) is 3.38. The second-order valence-electron chi connectivity index (χ2n) is 11.6. The first kappa shape index (κ1) is 30.0. The van der Waals surface area contributed by atoms with E-state index < -0.39 is 5.97 Å². The summed E-state index contributed by atoms with van der Waals surface area (Å²) in [7, 11) is 1.35. The number of carbonyl (C=O) groups excluding carboxylic acids is 1. The second-order valence-corrected chi connectivity index (χ2v) is 13.4. The van der Waals surface area contributed by atoms with Crippen molar-refractivity contribution in [3.8, 4) is 10.9 Å². The van der Waals surface area contributed by atoms with E-state index in [0.29, 0.717) is 63.3 Å². The Morgan fingerprint density at radius 1 is 1.14 bits per heavy atom. The largest absolute Gasteiger partial charge is 0.489 e. The van der Waals surface area contributed by atoms with Crippen LogP contribution in [0.4, 0.5) is 0 Å². The van der Waals surface area contributed by atoms with Crippen LogP contribution in [-0.2, 0) is 25.6 Å². The molecule has 13 heteroatoms. The smallest absolute Gasteiger partial charge is 0.338 e. The van der Waals surface area contributed by atoms with Gasteiger partial charge in [0.25, 0.3) is 5.19 Å². The number of thiazole rings is 1. The number of ether oxygens (including phenoxy) is 6. The van der Waals surface area contributed by atoms with Crippen molar-refractivity contribution in [2.45, 2.75) is 82.6 Å². The van der Waals surface area contributed by atoms with Crippen molar-refractivity contribution in [3.05, 3.63) is 50.9 Å². The Kier molecular flexibility index (Phi) is 8.36. The van der Waals surface area contributed by atoms with E-state index in [4.69, 9.17) is 56.1 Å². The van der Waals surface area contributed by atoms with E-state index in [2.05, 4.69) is 10.1 Å². The lowest BCUT2D eigenvalue weighted by atomic mass is 9.99. The van der Waals surface area contributed by atoms with Gasteiger partial charge in [0.05, 0.1) is 43.3 Å². The quantitative estimate of drug-likeness (QED) is 0.217. The molecule has 0 spiro atoms. The van der Waals surface area contributed by atoms with Gasteiger partial charge in [-0.05, 0) is 51.7 Å². The topological polar surface area (TPSA) is 111 Å². The Morgan fingerprint density at radius 2 is 1.91 bits per heavy atom. The van der Waals surface area contributed by atoms with Crippen LogP contribution in [0.1, 0.15) is 72.8 Å². The van der Waals surface area contributed by atoms with Crippen LogP contribution in [0.2, 0.25) is 0 Å². The second kappa shape index (κ2) is 12.3. The molecule has 3 fully saturated rings. The lowest BCUT2D eigenvalue weighted by molar-refractivity contribution is -0.0429. The van der Waals surface area contributed by atoms with Crippen molar-refractivity contribution in [2.75, 3.05) is 20.3 Å². The van der Waals surface area contributed by atoms with E-state index in [9.17, 15) is 4.79 Å². The van der Waals surface area contributed by atoms with E-state index in [0.717, 1.165) is 40.9 Å². The third-order valence-electron chi connectivity index (χ3n) is 8.08. The highest BCUT2D eigenvalue weighted by molar-refractivity contribution is 7.20. The highest BCUT2D eigenvalue weighted by Crippen LogP contribution is 2.46. The van der Waals surface area contributed by atoms with E-state index >= 15 is 0 Å². The van der Waals surface area contributed by atoms with Crippen LogP contribution in [0.5, 0.6) is 10.9 Å². The van der Waals surface area contributed by atoms with Gasteiger partial charge in [0.1, 0.15) is 41.0 Å². The van der Waals surface area contributed by atoms with Crippen LogP contribution in [-0.4, -0.2) is 67.0 Å². The Labute approximate surface area is 268 Å². The maximum Gasteiger partial charge on any atom is 0.338 e. The molecule has 2 saturated heterocycles. The molecule has 44 heavy (non-hydrogen) atoms. The number of benzene rings is 1. The first-order chi connectivity index (χ1) is 21.3. The Balaban J connectivity index is 1.06. The third-order valence-corrected chi connectivity index (χ3v) is 9.70. The van der Waals surface area contributed by atoms with Crippen molar-refractivity contribution < 1.29 is 37.7 Å². The molecular formula is C31H32Cl2N2O8S.